The maximum atomic E-state index is 12.2. The summed E-state index contributed by atoms with van der Waals surface area (Å²) < 4.78 is 35.7. The molecule has 1 aliphatic heterocycles. The summed E-state index contributed by atoms with van der Waals surface area (Å²) in [4.78, 5) is 0. The van der Waals surface area contributed by atoms with E-state index in [9.17, 15) is 8.42 Å². The van der Waals surface area contributed by atoms with Crippen molar-refractivity contribution in [2.45, 2.75) is 29.9 Å². The Hall–Kier alpha value is -0.460. The molecule has 1 heterocycles. The highest BCUT2D eigenvalue weighted by Gasteiger charge is 2.37. The van der Waals surface area contributed by atoms with Crippen molar-refractivity contribution in [1.29, 1.82) is 0 Å². The number of ether oxygens (including phenoxy) is 2. The van der Waals surface area contributed by atoms with Gasteiger partial charge in [0, 0.05) is 5.56 Å². The quantitative estimate of drug-likeness (QED) is 0.727. The summed E-state index contributed by atoms with van der Waals surface area (Å²) in [7, 11) is -0.0702. The van der Waals surface area contributed by atoms with Gasteiger partial charge in [-0.15, -0.1) is 11.6 Å². The van der Waals surface area contributed by atoms with E-state index >= 15 is 0 Å². The average molecular weight is 398 g/mol. The van der Waals surface area contributed by atoms with Crippen LogP contribution >= 0.6 is 27.5 Å². The van der Waals surface area contributed by atoms with Crippen LogP contribution in [0.15, 0.2) is 16.6 Å². The van der Waals surface area contributed by atoms with Crippen LogP contribution in [0.4, 0.5) is 0 Å². The van der Waals surface area contributed by atoms with Gasteiger partial charge in [0.15, 0.2) is 9.84 Å². The monoisotopic (exact) mass is 396 g/mol. The van der Waals surface area contributed by atoms with Gasteiger partial charge in [-0.1, -0.05) is 12.5 Å². The van der Waals surface area contributed by atoms with Crippen LogP contribution in [0.1, 0.15) is 30.2 Å². The predicted octanol–water partition coefficient (Wildman–Crippen LogP) is 3.71. The second kappa shape index (κ2) is 6.75. The third-order valence-electron chi connectivity index (χ3n) is 3.77. The average Bonchev–Trinajstić information content (AvgIpc) is 2.45. The Balaban J connectivity index is 2.43. The topological polar surface area (TPSA) is 52.6 Å². The maximum absolute atomic E-state index is 12.2. The Morgan fingerprint density at radius 3 is 2.57 bits per heavy atom. The highest BCUT2D eigenvalue weighted by Crippen LogP contribution is 2.45. The molecule has 21 heavy (non-hydrogen) atoms. The fraction of sp³-hybridized carbons (Fsp3) is 0.571. The molecule has 0 spiro atoms. The van der Waals surface area contributed by atoms with Crippen LogP contribution in [-0.4, -0.2) is 33.6 Å². The van der Waals surface area contributed by atoms with Gasteiger partial charge in [-0.2, -0.15) is 0 Å². The first-order chi connectivity index (χ1) is 9.92. The first-order valence-electron chi connectivity index (χ1n) is 6.68. The van der Waals surface area contributed by atoms with E-state index in [1.807, 2.05) is 0 Å². The van der Waals surface area contributed by atoms with Crippen molar-refractivity contribution in [3.8, 4) is 11.5 Å². The molecule has 2 atom stereocenters. The summed E-state index contributed by atoms with van der Waals surface area (Å²) in [5.41, 5.74) is 0.669. The lowest BCUT2D eigenvalue weighted by atomic mass is 10.0. The number of hydrogen-bond acceptors (Lipinski definition) is 4. The number of alkyl halides is 1. The molecule has 2 rings (SSSR count). The first kappa shape index (κ1) is 16.9. The number of methoxy groups -OCH3 is 2. The van der Waals surface area contributed by atoms with Crippen LogP contribution < -0.4 is 9.47 Å². The molecule has 1 aromatic carbocycles. The lowest BCUT2D eigenvalue weighted by Crippen LogP contribution is -2.32. The van der Waals surface area contributed by atoms with Gasteiger partial charge in [0.25, 0.3) is 0 Å². The molecule has 4 nitrogen and oxygen atoms in total. The van der Waals surface area contributed by atoms with Crippen molar-refractivity contribution in [1.82, 2.24) is 0 Å². The van der Waals surface area contributed by atoms with Crippen molar-refractivity contribution < 1.29 is 17.9 Å². The molecule has 0 amide bonds. The molecule has 1 aliphatic rings. The maximum Gasteiger partial charge on any atom is 0.154 e. The Labute approximate surface area is 138 Å². The fourth-order valence-corrected chi connectivity index (χ4v) is 6.04. The molecule has 1 aromatic rings. The smallest absolute Gasteiger partial charge is 0.154 e. The number of halogens is 2. The summed E-state index contributed by atoms with van der Waals surface area (Å²) in [6.07, 6.45) is 2.18. The van der Waals surface area contributed by atoms with Gasteiger partial charge in [-0.05, 0) is 34.8 Å². The van der Waals surface area contributed by atoms with Gasteiger partial charge >= 0.3 is 0 Å². The molecular weight excluding hydrogens is 380 g/mol. The van der Waals surface area contributed by atoms with Gasteiger partial charge in [0.05, 0.1) is 30.6 Å². The molecule has 7 heteroatoms. The molecule has 1 fully saturated rings. The molecule has 0 aliphatic carbocycles. The second-order valence-electron chi connectivity index (χ2n) is 5.01. The van der Waals surface area contributed by atoms with E-state index in [1.165, 1.54) is 7.11 Å². The zero-order valence-corrected chi connectivity index (χ0v) is 15.1. The van der Waals surface area contributed by atoms with Gasteiger partial charge < -0.3 is 9.47 Å². The minimum absolute atomic E-state index is 0.209. The highest BCUT2D eigenvalue weighted by molar-refractivity contribution is 9.10. The van der Waals surface area contributed by atoms with E-state index in [0.29, 0.717) is 34.4 Å². The summed E-state index contributed by atoms with van der Waals surface area (Å²) in [5.74, 6) is 1.35. The predicted molar refractivity (Wildman–Crippen MR) is 87.3 cm³/mol. The minimum atomic E-state index is -3.16. The molecule has 0 N–H and O–H groups in total. The van der Waals surface area contributed by atoms with Crippen LogP contribution in [0.25, 0.3) is 0 Å². The van der Waals surface area contributed by atoms with Gasteiger partial charge in [0.2, 0.25) is 0 Å². The van der Waals surface area contributed by atoms with Crippen molar-refractivity contribution in [3.63, 3.8) is 0 Å². The Kier molecular flexibility index (Phi) is 5.43. The normalized spacial score (nSPS) is 22.6. The molecule has 0 bridgehead atoms. The summed E-state index contributed by atoms with van der Waals surface area (Å²) in [5, 5.41) is -1.20. The van der Waals surface area contributed by atoms with E-state index in [2.05, 4.69) is 15.9 Å². The fourth-order valence-electron chi connectivity index (χ4n) is 2.64. The third kappa shape index (κ3) is 3.32. The Bertz CT molecular complexity index is 618. The lowest BCUT2D eigenvalue weighted by molar-refractivity contribution is 0.385. The summed E-state index contributed by atoms with van der Waals surface area (Å²) in [6.45, 7) is 0. The molecule has 2 unspecified atom stereocenters. The van der Waals surface area contributed by atoms with E-state index in [4.69, 9.17) is 21.1 Å². The number of hydrogen-bond donors (Lipinski definition) is 0. The van der Waals surface area contributed by atoms with Gasteiger partial charge in [0.1, 0.15) is 16.0 Å². The van der Waals surface area contributed by atoms with Crippen LogP contribution in [0, 0.1) is 0 Å². The molecule has 0 radical (unpaired) electrons. The molecular formula is C14H18BrClO4S. The molecule has 0 aromatic heterocycles. The zero-order valence-electron chi connectivity index (χ0n) is 11.9. The second-order valence-corrected chi connectivity index (χ2v) is 8.61. The van der Waals surface area contributed by atoms with Crippen molar-refractivity contribution in [2.75, 3.05) is 20.0 Å². The Morgan fingerprint density at radius 2 is 2.00 bits per heavy atom. The summed E-state index contributed by atoms with van der Waals surface area (Å²) in [6, 6.07) is 3.52. The van der Waals surface area contributed by atoms with Gasteiger partial charge in [-0.25, -0.2) is 8.42 Å². The van der Waals surface area contributed by atoms with E-state index in [-0.39, 0.29) is 5.75 Å². The number of rotatable bonds is 4. The molecule has 118 valence electrons. The molecule has 0 saturated carbocycles. The van der Waals surface area contributed by atoms with E-state index in [0.717, 1.165) is 6.42 Å². The van der Waals surface area contributed by atoms with E-state index < -0.39 is 20.5 Å². The SMILES string of the molecule is COc1ccc(C(Cl)C2CCCCS2(=O)=O)c(OC)c1Br. The van der Waals surface area contributed by atoms with Crippen molar-refractivity contribution >= 4 is 37.4 Å². The zero-order chi connectivity index (χ0) is 15.6. The van der Waals surface area contributed by atoms with Crippen LogP contribution in [0.2, 0.25) is 0 Å². The lowest BCUT2D eigenvalue weighted by Gasteiger charge is -2.27. The van der Waals surface area contributed by atoms with Gasteiger partial charge in [-0.3, -0.25) is 0 Å². The van der Waals surface area contributed by atoms with Crippen LogP contribution in [0.5, 0.6) is 11.5 Å². The third-order valence-corrected chi connectivity index (χ3v) is 7.50. The van der Waals surface area contributed by atoms with Crippen LogP contribution in [-0.2, 0) is 9.84 Å². The first-order valence-corrected chi connectivity index (χ1v) is 9.63. The Morgan fingerprint density at radius 1 is 1.29 bits per heavy atom. The highest BCUT2D eigenvalue weighted by atomic mass is 79.9. The molecule has 1 saturated heterocycles. The van der Waals surface area contributed by atoms with Crippen molar-refractivity contribution in [2.24, 2.45) is 0 Å². The standard InChI is InChI=1S/C14H18BrClO4S/c1-19-10-7-6-9(14(20-2)12(10)15)13(16)11-5-3-4-8-21(11,17)18/h6-7,11,13H,3-5,8H2,1-2H3. The van der Waals surface area contributed by atoms with E-state index in [1.54, 1.807) is 19.2 Å². The summed E-state index contributed by atoms with van der Waals surface area (Å²) >= 11 is 9.92. The minimum Gasteiger partial charge on any atom is -0.495 e. The number of sulfone groups is 1. The number of benzene rings is 1. The van der Waals surface area contributed by atoms with Crippen LogP contribution in [0.3, 0.4) is 0 Å². The van der Waals surface area contributed by atoms with Crippen molar-refractivity contribution in [3.05, 3.63) is 22.2 Å². The largest absolute Gasteiger partial charge is 0.495 e.